The molecule has 1 aromatic heterocycles. The molecule has 0 unspecified atom stereocenters. The van der Waals surface area contributed by atoms with E-state index in [1.54, 1.807) is 11.3 Å². The van der Waals surface area contributed by atoms with Crippen LogP contribution in [0.15, 0.2) is 0 Å². The van der Waals surface area contributed by atoms with Crippen LogP contribution >= 0.6 is 11.3 Å². The lowest BCUT2D eigenvalue weighted by Crippen LogP contribution is -2.19. The van der Waals surface area contributed by atoms with Crippen LogP contribution in [0.5, 0.6) is 0 Å². The maximum Gasteiger partial charge on any atom is 0.217 e. The van der Waals surface area contributed by atoms with Crippen LogP contribution in [0, 0.1) is 25.7 Å². The van der Waals surface area contributed by atoms with Crippen LogP contribution in [0.3, 0.4) is 0 Å². The summed E-state index contributed by atoms with van der Waals surface area (Å²) < 4.78 is 0. The first kappa shape index (κ1) is 10.7. The molecule has 0 radical (unpaired) electrons. The summed E-state index contributed by atoms with van der Waals surface area (Å²) in [6, 6.07) is 0. The van der Waals surface area contributed by atoms with E-state index in [9.17, 15) is 4.79 Å². The summed E-state index contributed by atoms with van der Waals surface area (Å²) in [6.07, 6.45) is 0. The van der Waals surface area contributed by atoms with Crippen molar-refractivity contribution in [3.05, 3.63) is 15.6 Å². The molecule has 0 aliphatic rings. The molecule has 0 saturated carbocycles. The Morgan fingerprint density at radius 2 is 2.29 bits per heavy atom. The minimum absolute atomic E-state index is 0.0588. The number of hydrogen-bond acceptors (Lipinski definition) is 3. The number of aromatic nitrogens is 1. The van der Waals surface area contributed by atoms with Gasteiger partial charge in [-0.25, -0.2) is 4.98 Å². The lowest BCUT2D eigenvalue weighted by atomic mass is 10.4. The smallest absolute Gasteiger partial charge is 0.217 e. The highest BCUT2D eigenvalue weighted by Crippen LogP contribution is 2.14. The van der Waals surface area contributed by atoms with Crippen LogP contribution in [0.4, 0.5) is 0 Å². The van der Waals surface area contributed by atoms with Crippen LogP contribution in [0.2, 0.25) is 0 Å². The van der Waals surface area contributed by atoms with Gasteiger partial charge in [-0.3, -0.25) is 4.79 Å². The number of aryl methyl sites for hydroxylation is 2. The zero-order valence-corrected chi connectivity index (χ0v) is 9.29. The van der Waals surface area contributed by atoms with Crippen molar-refractivity contribution >= 4 is 17.2 Å². The van der Waals surface area contributed by atoms with E-state index in [0.29, 0.717) is 6.54 Å². The van der Waals surface area contributed by atoms with Gasteiger partial charge in [-0.15, -0.1) is 11.3 Å². The lowest BCUT2D eigenvalue weighted by molar-refractivity contribution is -0.118. The van der Waals surface area contributed by atoms with Crippen LogP contribution in [0.25, 0.3) is 0 Å². The molecule has 14 heavy (non-hydrogen) atoms. The number of rotatable bonds is 1. The SMILES string of the molecule is CC(=O)NCC#Cc1sc(C)nc1C. The molecule has 1 rings (SSSR count). The van der Waals surface area contributed by atoms with Gasteiger partial charge in [0.15, 0.2) is 0 Å². The topological polar surface area (TPSA) is 42.0 Å². The quantitative estimate of drug-likeness (QED) is 0.706. The Morgan fingerprint density at radius 1 is 1.57 bits per heavy atom. The second-order valence-corrected chi connectivity index (χ2v) is 4.06. The van der Waals surface area contributed by atoms with Crippen LogP contribution < -0.4 is 5.32 Å². The van der Waals surface area contributed by atoms with E-state index in [1.165, 1.54) is 6.92 Å². The zero-order chi connectivity index (χ0) is 10.6. The molecule has 1 aromatic rings. The Morgan fingerprint density at radius 3 is 2.79 bits per heavy atom. The fourth-order valence-electron chi connectivity index (χ4n) is 0.940. The Hall–Kier alpha value is -1.34. The summed E-state index contributed by atoms with van der Waals surface area (Å²) in [6.45, 7) is 5.76. The van der Waals surface area contributed by atoms with Gasteiger partial charge >= 0.3 is 0 Å². The van der Waals surface area contributed by atoms with Crippen molar-refractivity contribution in [3.8, 4) is 11.8 Å². The molecule has 0 aromatic carbocycles. The summed E-state index contributed by atoms with van der Waals surface area (Å²) in [4.78, 5) is 15.8. The molecule has 1 heterocycles. The first-order valence-electron chi connectivity index (χ1n) is 4.27. The second kappa shape index (κ2) is 4.77. The molecule has 1 amide bonds. The summed E-state index contributed by atoms with van der Waals surface area (Å²) in [7, 11) is 0. The average Bonchev–Trinajstić information content (AvgIpc) is 2.39. The molecule has 0 saturated heterocycles. The Labute approximate surface area is 87.6 Å². The molecular formula is C10H12N2OS. The van der Waals surface area contributed by atoms with E-state index in [0.717, 1.165) is 15.6 Å². The molecule has 0 spiro atoms. The maximum atomic E-state index is 10.5. The molecule has 0 bridgehead atoms. The number of amides is 1. The van der Waals surface area contributed by atoms with Crippen molar-refractivity contribution in [2.75, 3.05) is 6.54 Å². The van der Waals surface area contributed by atoms with E-state index in [-0.39, 0.29) is 5.91 Å². The van der Waals surface area contributed by atoms with Gasteiger partial charge in [-0.05, 0) is 13.8 Å². The predicted molar refractivity (Wildman–Crippen MR) is 57.1 cm³/mol. The maximum absolute atomic E-state index is 10.5. The van der Waals surface area contributed by atoms with Gasteiger partial charge in [0.2, 0.25) is 5.91 Å². The number of carbonyl (C=O) groups is 1. The van der Waals surface area contributed by atoms with Crippen molar-refractivity contribution in [2.45, 2.75) is 20.8 Å². The third kappa shape index (κ3) is 3.19. The monoisotopic (exact) mass is 208 g/mol. The van der Waals surface area contributed by atoms with E-state index in [4.69, 9.17) is 0 Å². The summed E-state index contributed by atoms with van der Waals surface area (Å²) in [5, 5.41) is 3.63. The van der Waals surface area contributed by atoms with Gasteiger partial charge in [-0.2, -0.15) is 0 Å². The van der Waals surface area contributed by atoms with E-state index in [2.05, 4.69) is 22.1 Å². The molecule has 0 aliphatic heterocycles. The molecule has 0 atom stereocenters. The van der Waals surface area contributed by atoms with Gasteiger partial charge in [0.05, 0.1) is 22.1 Å². The predicted octanol–water partition coefficient (Wildman–Crippen LogP) is 1.25. The van der Waals surface area contributed by atoms with Crippen molar-refractivity contribution < 1.29 is 4.79 Å². The van der Waals surface area contributed by atoms with Crippen LogP contribution in [-0.2, 0) is 4.79 Å². The molecule has 0 aliphatic carbocycles. The third-order valence-electron chi connectivity index (χ3n) is 1.53. The highest BCUT2D eigenvalue weighted by Gasteiger charge is 1.99. The first-order chi connectivity index (χ1) is 6.59. The summed E-state index contributed by atoms with van der Waals surface area (Å²) in [5.41, 5.74) is 0.961. The van der Waals surface area contributed by atoms with Gasteiger partial charge in [0, 0.05) is 6.92 Å². The zero-order valence-electron chi connectivity index (χ0n) is 8.47. The first-order valence-corrected chi connectivity index (χ1v) is 5.08. The summed E-state index contributed by atoms with van der Waals surface area (Å²) >= 11 is 1.58. The normalized spacial score (nSPS) is 9.07. The van der Waals surface area contributed by atoms with Gasteiger partial charge < -0.3 is 5.32 Å². The van der Waals surface area contributed by atoms with Gasteiger partial charge in [-0.1, -0.05) is 11.8 Å². The van der Waals surface area contributed by atoms with E-state index in [1.807, 2.05) is 13.8 Å². The molecular weight excluding hydrogens is 196 g/mol. The Bertz CT molecular complexity index is 398. The van der Waals surface area contributed by atoms with Crippen LogP contribution in [-0.4, -0.2) is 17.4 Å². The minimum atomic E-state index is -0.0588. The average molecular weight is 208 g/mol. The highest BCUT2D eigenvalue weighted by atomic mass is 32.1. The van der Waals surface area contributed by atoms with Gasteiger partial charge in [0.25, 0.3) is 0 Å². The van der Waals surface area contributed by atoms with Gasteiger partial charge in [0.1, 0.15) is 0 Å². The number of nitrogens with zero attached hydrogens (tertiary/aromatic N) is 1. The third-order valence-corrected chi connectivity index (χ3v) is 2.52. The standard InChI is InChI=1S/C10H12N2OS/c1-7-10(14-9(3)12-7)5-4-6-11-8(2)13/h6H2,1-3H3,(H,11,13). The largest absolute Gasteiger partial charge is 0.345 e. The van der Waals surface area contributed by atoms with Crippen molar-refractivity contribution in [3.63, 3.8) is 0 Å². The Balaban J connectivity index is 2.59. The fourth-order valence-corrected chi connectivity index (χ4v) is 1.73. The second-order valence-electron chi connectivity index (χ2n) is 2.86. The van der Waals surface area contributed by atoms with E-state index >= 15 is 0 Å². The number of nitrogens with one attached hydrogen (secondary N) is 1. The highest BCUT2D eigenvalue weighted by molar-refractivity contribution is 7.12. The Kier molecular flexibility index (Phi) is 3.66. The summed E-state index contributed by atoms with van der Waals surface area (Å²) in [5.74, 6) is 5.80. The van der Waals surface area contributed by atoms with Crippen molar-refractivity contribution in [1.82, 2.24) is 10.3 Å². The number of hydrogen-bond donors (Lipinski definition) is 1. The fraction of sp³-hybridized carbons (Fsp3) is 0.400. The molecule has 1 N–H and O–H groups in total. The van der Waals surface area contributed by atoms with Crippen molar-refractivity contribution in [1.29, 1.82) is 0 Å². The minimum Gasteiger partial charge on any atom is -0.345 e. The number of thiazole rings is 1. The van der Waals surface area contributed by atoms with E-state index < -0.39 is 0 Å². The molecule has 74 valence electrons. The molecule has 0 fully saturated rings. The molecule has 4 heteroatoms. The molecule has 3 nitrogen and oxygen atoms in total. The van der Waals surface area contributed by atoms with Crippen molar-refractivity contribution in [2.24, 2.45) is 0 Å². The van der Waals surface area contributed by atoms with Crippen LogP contribution in [0.1, 0.15) is 22.5 Å². The lowest BCUT2D eigenvalue weighted by Gasteiger charge is -1.90. The number of carbonyl (C=O) groups excluding carboxylic acids is 1.